The molecule has 1 aliphatic rings. The molecule has 0 saturated carbocycles. The average molecular weight is 484 g/mol. The Morgan fingerprint density at radius 1 is 1.12 bits per heavy atom. The molecule has 11 heteroatoms. The Labute approximate surface area is 196 Å². The van der Waals surface area contributed by atoms with Gasteiger partial charge < -0.3 is 19.1 Å². The highest BCUT2D eigenvalue weighted by Gasteiger charge is 2.32. The van der Waals surface area contributed by atoms with Crippen molar-refractivity contribution < 1.29 is 14.3 Å². The summed E-state index contributed by atoms with van der Waals surface area (Å²) in [6, 6.07) is 8.76. The van der Waals surface area contributed by atoms with E-state index in [1.807, 2.05) is 0 Å². The number of rotatable bonds is 4. The number of nitrogens with zero attached hydrogens (tertiary/aromatic N) is 5. The highest BCUT2D eigenvalue weighted by Crippen LogP contribution is 2.34. The fourth-order valence-electron chi connectivity index (χ4n) is 4.23. The van der Waals surface area contributed by atoms with Gasteiger partial charge in [0.2, 0.25) is 0 Å². The number of halogens is 2. The first-order chi connectivity index (χ1) is 16.3. The molecule has 34 heavy (non-hydrogen) atoms. The smallest absolute Gasteiger partial charge is 0.280 e. The molecular formula is C23H19ClFN5O4. The van der Waals surface area contributed by atoms with Crippen molar-refractivity contribution >= 4 is 28.4 Å². The molecule has 9 nitrogen and oxygen atoms in total. The minimum absolute atomic E-state index is 0.00638. The summed E-state index contributed by atoms with van der Waals surface area (Å²) in [4.78, 5) is 40.0. The van der Waals surface area contributed by atoms with Crippen LogP contribution >= 0.6 is 11.6 Å². The number of benzene rings is 1. The molecule has 174 valence electrons. The van der Waals surface area contributed by atoms with Crippen molar-refractivity contribution in [3.8, 4) is 5.75 Å². The molecule has 0 aliphatic carbocycles. The van der Waals surface area contributed by atoms with Crippen molar-refractivity contribution in [3.63, 3.8) is 0 Å². The molecule has 0 bridgehead atoms. The first kappa shape index (κ1) is 21.9. The quantitative estimate of drug-likeness (QED) is 0.478. The zero-order valence-corrected chi connectivity index (χ0v) is 18.8. The second-order valence-electron chi connectivity index (χ2n) is 8.12. The predicted octanol–water partition coefficient (Wildman–Crippen LogP) is 2.04. The molecule has 3 aromatic heterocycles. The van der Waals surface area contributed by atoms with Crippen molar-refractivity contribution in [1.82, 2.24) is 23.8 Å². The summed E-state index contributed by atoms with van der Waals surface area (Å²) < 4.78 is 17.7. The normalized spacial score (nSPS) is 13.5. The maximum Gasteiger partial charge on any atom is 0.280 e. The molecular weight excluding hydrogens is 465 g/mol. The van der Waals surface area contributed by atoms with E-state index in [2.05, 4.69) is 5.10 Å². The third-order valence-corrected chi connectivity index (χ3v) is 6.23. The van der Waals surface area contributed by atoms with Crippen molar-refractivity contribution in [2.45, 2.75) is 19.6 Å². The number of hydrogen-bond acceptors (Lipinski definition) is 5. The van der Waals surface area contributed by atoms with Crippen LogP contribution in [-0.4, -0.2) is 48.4 Å². The number of hydrogen-bond donors (Lipinski definition) is 1. The molecule has 1 N–H and O–H groups in total. The van der Waals surface area contributed by atoms with Gasteiger partial charge in [0.15, 0.2) is 11.4 Å². The summed E-state index contributed by atoms with van der Waals surface area (Å²) in [6.45, 7) is 0.688. The van der Waals surface area contributed by atoms with E-state index in [1.54, 1.807) is 29.9 Å². The molecule has 0 fully saturated rings. The van der Waals surface area contributed by atoms with Crippen molar-refractivity contribution in [3.05, 3.63) is 91.1 Å². The van der Waals surface area contributed by atoms with Gasteiger partial charge in [-0.15, -0.1) is 0 Å². The number of carbonyl (C=O) groups excluding carboxylic acids is 1. The van der Waals surface area contributed by atoms with Gasteiger partial charge in [-0.3, -0.25) is 14.4 Å². The Kier molecular flexibility index (Phi) is 5.24. The Balaban J connectivity index is 1.76. The zero-order valence-electron chi connectivity index (χ0n) is 18.0. The third kappa shape index (κ3) is 3.47. The van der Waals surface area contributed by atoms with Gasteiger partial charge in [-0.05, 0) is 23.8 Å². The molecule has 0 spiro atoms. The lowest BCUT2D eigenvalue weighted by molar-refractivity contribution is 0.0747. The molecule has 0 atom stereocenters. The van der Waals surface area contributed by atoms with E-state index in [-0.39, 0.29) is 34.8 Å². The number of fused-ring (bicyclic) bond motifs is 3. The van der Waals surface area contributed by atoms with Gasteiger partial charge in [0.1, 0.15) is 16.9 Å². The van der Waals surface area contributed by atoms with Gasteiger partial charge in [-0.2, -0.15) is 5.10 Å². The van der Waals surface area contributed by atoms with Gasteiger partial charge in [0, 0.05) is 32.4 Å². The van der Waals surface area contributed by atoms with Crippen LogP contribution in [0.5, 0.6) is 5.75 Å². The largest absolute Gasteiger partial charge is 0.505 e. The summed E-state index contributed by atoms with van der Waals surface area (Å²) in [5.74, 6) is -1.43. The van der Waals surface area contributed by atoms with E-state index in [1.165, 1.54) is 33.7 Å². The predicted molar refractivity (Wildman–Crippen MR) is 123 cm³/mol. The van der Waals surface area contributed by atoms with Crippen LogP contribution in [-0.2, 0) is 19.6 Å². The minimum Gasteiger partial charge on any atom is -0.505 e. The van der Waals surface area contributed by atoms with Gasteiger partial charge in [0.25, 0.3) is 17.0 Å². The highest BCUT2D eigenvalue weighted by atomic mass is 35.5. The topological polar surface area (TPSA) is 102 Å². The molecule has 1 aliphatic heterocycles. The maximum absolute atomic E-state index is 13.6. The molecule has 1 aromatic carbocycles. The first-order valence-electron chi connectivity index (χ1n) is 10.5. The summed E-state index contributed by atoms with van der Waals surface area (Å²) >= 11 is 5.89. The van der Waals surface area contributed by atoms with Crippen LogP contribution in [0.1, 0.15) is 21.7 Å². The number of amides is 1. The fourth-order valence-corrected chi connectivity index (χ4v) is 4.43. The zero-order chi connectivity index (χ0) is 24.1. The van der Waals surface area contributed by atoms with Crippen molar-refractivity contribution in [2.24, 2.45) is 0 Å². The minimum atomic E-state index is -0.616. The van der Waals surface area contributed by atoms with E-state index < -0.39 is 23.0 Å². The van der Waals surface area contributed by atoms with Crippen LogP contribution in [0, 0.1) is 5.82 Å². The lowest BCUT2D eigenvalue weighted by Crippen LogP contribution is -2.37. The number of carbonyl (C=O) groups is 1. The van der Waals surface area contributed by atoms with Crippen LogP contribution in [0.2, 0.25) is 5.02 Å². The Morgan fingerprint density at radius 3 is 2.65 bits per heavy atom. The van der Waals surface area contributed by atoms with Crippen LogP contribution in [0.4, 0.5) is 4.39 Å². The summed E-state index contributed by atoms with van der Waals surface area (Å²) in [6.07, 6.45) is 1.59. The van der Waals surface area contributed by atoms with Gasteiger partial charge in [-0.25, -0.2) is 9.07 Å². The van der Waals surface area contributed by atoms with E-state index in [0.29, 0.717) is 29.9 Å². The van der Waals surface area contributed by atoms with Crippen LogP contribution in [0.25, 0.3) is 10.9 Å². The second kappa shape index (κ2) is 8.14. The van der Waals surface area contributed by atoms with Gasteiger partial charge in [-0.1, -0.05) is 23.7 Å². The number of aromatic nitrogens is 4. The standard InChI is InChI=1S/C23H19ClFN5O4/c1-27-8-9-29-19-16(12-28-7-3-2-4-17(28)31)26-30(11-13-5-6-15(25)14(24)10-13)22(33)18(19)21(32)20(29)23(27)34/h2-7,10,32H,8-9,11-12H2,1H3. The summed E-state index contributed by atoms with van der Waals surface area (Å²) in [5, 5.41) is 15.3. The summed E-state index contributed by atoms with van der Waals surface area (Å²) in [7, 11) is 1.61. The van der Waals surface area contributed by atoms with E-state index in [4.69, 9.17) is 11.6 Å². The van der Waals surface area contributed by atoms with E-state index in [0.717, 1.165) is 4.68 Å². The summed E-state index contributed by atoms with van der Waals surface area (Å²) in [5.41, 5.74) is 0.271. The molecule has 0 saturated heterocycles. The molecule has 4 heterocycles. The third-order valence-electron chi connectivity index (χ3n) is 5.94. The van der Waals surface area contributed by atoms with Crippen molar-refractivity contribution in [2.75, 3.05) is 13.6 Å². The molecule has 4 aromatic rings. The van der Waals surface area contributed by atoms with Gasteiger partial charge in [0.05, 0.1) is 23.6 Å². The molecule has 1 amide bonds. The number of pyridine rings is 1. The van der Waals surface area contributed by atoms with Crippen LogP contribution in [0.3, 0.4) is 0 Å². The van der Waals surface area contributed by atoms with Crippen molar-refractivity contribution in [1.29, 1.82) is 0 Å². The highest BCUT2D eigenvalue weighted by molar-refractivity contribution is 6.30. The first-order valence-corrected chi connectivity index (χ1v) is 10.8. The fraction of sp³-hybridized carbons (Fsp3) is 0.217. The molecule has 0 radical (unpaired) electrons. The van der Waals surface area contributed by atoms with Crippen LogP contribution < -0.4 is 11.1 Å². The van der Waals surface area contributed by atoms with Gasteiger partial charge >= 0.3 is 0 Å². The van der Waals surface area contributed by atoms with E-state index >= 15 is 0 Å². The molecule has 5 rings (SSSR count). The lowest BCUT2D eigenvalue weighted by atomic mass is 10.2. The lowest BCUT2D eigenvalue weighted by Gasteiger charge is -2.25. The number of aromatic hydroxyl groups is 1. The SMILES string of the molecule is CN1CCn2c(c(O)c3c(=O)n(Cc4ccc(F)c(Cl)c4)nc(Cn4ccccc4=O)c32)C1=O. The van der Waals surface area contributed by atoms with Crippen LogP contribution in [0.15, 0.2) is 52.2 Å². The Hall–Kier alpha value is -3.92. The molecule has 0 unspecified atom stereocenters. The Bertz CT molecular complexity index is 1590. The Morgan fingerprint density at radius 2 is 1.91 bits per heavy atom. The second-order valence-corrected chi connectivity index (χ2v) is 8.53. The maximum atomic E-state index is 13.6. The number of likely N-dealkylation sites (N-methyl/N-ethyl adjacent to an activating group) is 1. The van der Waals surface area contributed by atoms with E-state index in [9.17, 15) is 23.9 Å². The average Bonchev–Trinajstić information content (AvgIpc) is 3.11. The monoisotopic (exact) mass is 483 g/mol.